The number of benzene rings is 2. The molecule has 136 valence electrons. The van der Waals surface area contributed by atoms with E-state index in [0.717, 1.165) is 6.42 Å². The van der Waals surface area contributed by atoms with Crippen LogP contribution < -0.4 is 10.4 Å². The Morgan fingerprint density at radius 1 is 0.885 bits per heavy atom. The van der Waals surface area contributed by atoms with Gasteiger partial charge in [-0.3, -0.25) is 0 Å². The smallest absolute Gasteiger partial charge is 0.102 e. The standard InChI is InChI=1S/C22H28S2Si2/c1-6-22(26(4,5)20-15-11-8-12-16-20)18-17-21(23-24-22)25(2,3)19-13-9-7-10-14-19/h6-17H,1,18H2,2-5H3. The molecule has 1 atom stereocenters. The van der Waals surface area contributed by atoms with Crippen molar-refractivity contribution in [3.8, 4) is 0 Å². The summed E-state index contributed by atoms with van der Waals surface area (Å²) >= 11 is 0. The number of hydrogen-bond acceptors (Lipinski definition) is 2. The zero-order valence-corrected chi connectivity index (χ0v) is 19.8. The molecule has 0 amide bonds. The number of rotatable bonds is 5. The van der Waals surface area contributed by atoms with Gasteiger partial charge in [0, 0.05) is 4.37 Å². The fourth-order valence-electron chi connectivity index (χ4n) is 3.62. The van der Waals surface area contributed by atoms with E-state index in [-0.39, 0.29) is 4.37 Å². The maximum Gasteiger partial charge on any atom is 0.120 e. The molecule has 26 heavy (non-hydrogen) atoms. The van der Waals surface area contributed by atoms with Gasteiger partial charge in [-0.15, -0.1) is 6.58 Å². The number of allylic oxidation sites excluding steroid dienone is 1. The predicted octanol–water partition coefficient (Wildman–Crippen LogP) is 5.89. The van der Waals surface area contributed by atoms with Gasteiger partial charge in [-0.2, -0.15) is 0 Å². The van der Waals surface area contributed by atoms with E-state index in [9.17, 15) is 0 Å². The fourth-order valence-corrected chi connectivity index (χ4v) is 17.0. The van der Waals surface area contributed by atoms with E-state index in [1.807, 2.05) is 10.8 Å². The van der Waals surface area contributed by atoms with Crippen LogP contribution in [0.5, 0.6) is 0 Å². The highest BCUT2D eigenvalue weighted by Crippen LogP contribution is 2.54. The third-order valence-corrected chi connectivity index (χ3v) is 20.7. The first-order valence-corrected chi connectivity index (χ1v) is 17.3. The summed E-state index contributed by atoms with van der Waals surface area (Å²) in [6, 6.07) is 22.1. The minimum Gasteiger partial charge on any atom is -0.102 e. The molecule has 0 aliphatic carbocycles. The average Bonchev–Trinajstić information content (AvgIpc) is 2.69. The van der Waals surface area contributed by atoms with E-state index in [4.69, 9.17) is 0 Å². The van der Waals surface area contributed by atoms with Crippen LogP contribution in [0.4, 0.5) is 0 Å². The van der Waals surface area contributed by atoms with Crippen molar-refractivity contribution in [2.45, 2.75) is 37.0 Å². The van der Waals surface area contributed by atoms with Gasteiger partial charge in [0.25, 0.3) is 0 Å². The zero-order valence-electron chi connectivity index (χ0n) is 16.2. The molecule has 0 nitrogen and oxygen atoms in total. The summed E-state index contributed by atoms with van der Waals surface area (Å²) < 4.78 is 1.74. The van der Waals surface area contributed by atoms with Crippen LogP contribution in [-0.4, -0.2) is 20.5 Å². The molecule has 3 rings (SSSR count). The summed E-state index contributed by atoms with van der Waals surface area (Å²) in [5.74, 6) is 0. The zero-order chi connectivity index (χ0) is 18.8. The minimum atomic E-state index is -1.70. The Labute approximate surface area is 168 Å². The van der Waals surface area contributed by atoms with Crippen molar-refractivity contribution < 1.29 is 0 Å². The molecule has 0 aromatic heterocycles. The second kappa shape index (κ2) is 7.59. The highest BCUT2D eigenvalue weighted by Gasteiger charge is 2.48. The lowest BCUT2D eigenvalue weighted by Gasteiger charge is -2.45. The molecular formula is C22H28S2Si2. The Balaban J connectivity index is 1.92. The van der Waals surface area contributed by atoms with E-state index >= 15 is 0 Å². The molecule has 1 heterocycles. The number of hydrogen-bond donors (Lipinski definition) is 0. The lowest BCUT2D eigenvalue weighted by atomic mass is 10.3. The van der Waals surface area contributed by atoms with Crippen LogP contribution >= 0.6 is 21.6 Å². The summed E-state index contributed by atoms with van der Waals surface area (Å²) in [5, 5.41) is 3.04. The van der Waals surface area contributed by atoms with Crippen LogP contribution in [-0.2, 0) is 0 Å². The third-order valence-electron chi connectivity index (χ3n) is 5.87. The van der Waals surface area contributed by atoms with Crippen LogP contribution in [0.15, 0.2) is 83.9 Å². The molecule has 2 aromatic rings. The molecule has 2 aromatic carbocycles. The summed E-state index contributed by atoms with van der Waals surface area (Å²) in [7, 11) is 0.780. The van der Waals surface area contributed by atoms with Crippen LogP contribution in [0, 0.1) is 0 Å². The van der Waals surface area contributed by atoms with Gasteiger partial charge >= 0.3 is 0 Å². The van der Waals surface area contributed by atoms with Crippen molar-refractivity contribution in [2.75, 3.05) is 0 Å². The van der Waals surface area contributed by atoms with Crippen LogP contribution in [0.2, 0.25) is 26.2 Å². The highest BCUT2D eigenvalue weighted by molar-refractivity contribution is 8.79. The van der Waals surface area contributed by atoms with Gasteiger partial charge in [0.1, 0.15) is 16.1 Å². The van der Waals surface area contributed by atoms with Gasteiger partial charge in [-0.05, 0) is 10.9 Å². The highest BCUT2D eigenvalue weighted by atomic mass is 33.1. The maximum atomic E-state index is 4.28. The van der Waals surface area contributed by atoms with Crippen molar-refractivity contribution in [2.24, 2.45) is 0 Å². The second-order valence-corrected chi connectivity index (χ2v) is 20.3. The Bertz CT molecular complexity index is 797. The minimum absolute atomic E-state index is 0.143. The Morgan fingerprint density at radius 2 is 1.42 bits per heavy atom. The second-order valence-electron chi connectivity index (χ2n) is 8.01. The first kappa shape index (κ1) is 19.8. The largest absolute Gasteiger partial charge is 0.120 e. The topological polar surface area (TPSA) is 0 Å². The van der Waals surface area contributed by atoms with Crippen molar-refractivity contribution in [3.05, 3.63) is 83.9 Å². The molecule has 0 fully saturated rings. The van der Waals surface area contributed by atoms with E-state index in [1.165, 1.54) is 10.4 Å². The van der Waals surface area contributed by atoms with Gasteiger partial charge in [0.2, 0.25) is 0 Å². The molecule has 0 spiro atoms. The molecular weight excluding hydrogens is 385 g/mol. The van der Waals surface area contributed by atoms with E-state index in [2.05, 4.69) is 116 Å². The van der Waals surface area contributed by atoms with Crippen molar-refractivity contribution in [1.82, 2.24) is 0 Å². The molecule has 1 unspecified atom stereocenters. The average molecular weight is 413 g/mol. The molecule has 4 heteroatoms. The van der Waals surface area contributed by atoms with E-state index in [1.54, 1.807) is 4.53 Å². The van der Waals surface area contributed by atoms with Crippen molar-refractivity contribution in [1.29, 1.82) is 0 Å². The lowest BCUT2D eigenvalue weighted by molar-refractivity contribution is 0.951. The normalized spacial score (nSPS) is 21.2. The van der Waals surface area contributed by atoms with E-state index in [0.29, 0.717) is 0 Å². The summed E-state index contributed by atoms with van der Waals surface area (Å²) in [4.78, 5) is 0. The Hall–Kier alpha value is -0.946. The van der Waals surface area contributed by atoms with Crippen LogP contribution in [0.3, 0.4) is 0 Å². The summed E-state index contributed by atoms with van der Waals surface area (Å²) in [6.07, 6.45) is 5.88. The molecule has 1 aliphatic rings. The van der Waals surface area contributed by atoms with Crippen molar-refractivity contribution >= 4 is 48.1 Å². The molecule has 0 saturated carbocycles. The van der Waals surface area contributed by atoms with Gasteiger partial charge in [0.05, 0.1) is 0 Å². The first-order chi connectivity index (χ1) is 12.3. The molecule has 0 radical (unpaired) electrons. The van der Waals surface area contributed by atoms with Crippen LogP contribution in [0.25, 0.3) is 0 Å². The van der Waals surface area contributed by atoms with Gasteiger partial charge < -0.3 is 0 Å². The SMILES string of the molecule is C=CC1([Si](C)(C)c2ccccc2)CC=C([Si](C)(C)c2ccccc2)SS1. The third kappa shape index (κ3) is 3.44. The molecule has 0 bridgehead atoms. The quantitative estimate of drug-likeness (QED) is 0.341. The first-order valence-electron chi connectivity index (χ1n) is 9.14. The Morgan fingerprint density at radius 3 is 1.88 bits per heavy atom. The van der Waals surface area contributed by atoms with Gasteiger partial charge in [-0.25, -0.2) is 0 Å². The molecule has 0 saturated heterocycles. The fraction of sp³-hybridized carbons (Fsp3) is 0.273. The maximum absolute atomic E-state index is 4.28. The van der Waals surface area contributed by atoms with Gasteiger partial charge in [-0.1, -0.05) is 131 Å². The van der Waals surface area contributed by atoms with Gasteiger partial charge in [0.15, 0.2) is 0 Å². The predicted molar refractivity (Wildman–Crippen MR) is 128 cm³/mol. The Kier molecular flexibility index (Phi) is 5.78. The molecule has 0 N–H and O–H groups in total. The van der Waals surface area contributed by atoms with E-state index < -0.39 is 16.1 Å². The summed E-state index contributed by atoms with van der Waals surface area (Å²) in [6.45, 7) is 14.2. The summed E-state index contributed by atoms with van der Waals surface area (Å²) in [5.41, 5.74) is 0. The van der Waals surface area contributed by atoms with Crippen LogP contribution in [0.1, 0.15) is 6.42 Å². The molecule has 1 aliphatic heterocycles. The monoisotopic (exact) mass is 412 g/mol. The van der Waals surface area contributed by atoms with Crippen molar-refractivity contribution in [3.63, 3.8) is 0 Å². The lowest BCUT2D eigenvalue weighted by Crippen LogP contribution is -2.59.